The maximum atomic E-state index is 12.8. The van der Waals surface area contributed by atoms with Gasteiger partial charge in [0, 0.05) is 34.5 Å². The predicted molar refractivity (Wildman–Crippen MR) is 116 cm³/mol. The SMILES string of the molecule is O=C(NC12CCC1C(NC(=O)[C@H]1C[C@@H](O)c3cc(Cl)ccc3O1)C2)c1ccc(OC(F)(F)F)cn1. The van der Waals surface area contributed by atoms with Gasteiger partial charge in [0.15, 0.2) is 6.10 Å². The van der Waals surface area contributed by atoms with E-state index < -0.39 is 35.8 Å². The van der Waals surface area contributed by atoms with Crippen LogP contribution in [0.25, 0.3) is 0 Å². The van der Waals surface area contributed by atoms with Gasteiger partial charge in [-0.3, -0.25) is 9.59 Å². The number of nitrogens with zero attached hydrogens (tertiary/aromatic N) is 1. The summed E-state index contributed by atoms with van der Waals surface area (Å²) in [6.45, 7) is 0. The van der Waals surface area contributed by atoms with Crippen molar-refractivity contribution in [3.8, 4) is 11.5 Å². The number of benzene rings is 1. The number of aliphatic hydroxyl groups excluding tert-OH is 1. The molecule has 35 heavy (non-hydrogen) atoms. The lowest BCUT2D eigenvalue weighted by Gasteiger charge is -2.63. The summed E-state index contributed by atoms with van der Waals surface area (Å²) in [6.07, 6.45) is -3.62. The Labute approximate surface area is 202 Å². The zero-order valence-corrected chi connectivity index (χ0v) is 18.9. The quantitative estimate of drug-likeness (QED) is 0.568. The van der Waals surface area contributed by atoms with Crippen molar-refractivity contribution in [2.45, 2.75) is 55.8 Å². The van der Waals surface area contributed by atoms with E-state index in [2.05, 4.69) is 20.4 Å². The maximum absolute atomic E-state index is 12.8. The highest BCUT2D eigenvalue weighted by molar-refractivity contribution is 6.30. The number of carbonyl (C=O) groups is 2. The summed E-state index contributed by atoms with van der Waals surface area (Å²) in [4.78, 5) is 29.2. The van der Waals surface area contributed by atoms with Crippen LogP contribution in [0.1, 0.15) is 47.8 Å². The van der Waals surface area contributed by atoms with Crippen molar-refractivity contribution in [1.29, 1.82) is 0 Å². The molecule has 3 unspecified atom stereocenters. The van der Waals surface area contributed by atoms with Crippen molar-refractivity contribution in [3.05, 3.63) is 52.8 Å². The number of ether oxygens (including phenoxy) is 2. The second kappa shape index (κ2) is 8.56. The molecule has 0 radical (unpaired) electrons. The van der Waals surface area contributed by atoms with E-state index in [0.29, 0.717) is 22.8 Å². The van der Waals surface area contributed by atoms with Crippen molar-refractivity contribution in [1.82, 2.24) is 15.6 Å². The number of hydrogen-bond acceptors (Lipinski definition) is 6. The molecule has 186 valence electrons. The summed E-state index contributed by atoms with van der Waals surface area (Å²) in [6, 6.07) is 6.87. The Morgan fingerprint density at radius 1 is 1.26 bits per heavy atom. The number of aliphatic hydroxyl groups is 1. The molecule has 12 heteroatoms. The summed E-state index contributed by atoms with van der Waals surface area (Å²) in [5, 5.41) is 16.7. The van der Waals surface area contributed by atoms with Crippen molar-refractivity contribution in [2.75, 3.05) is 0 Å². The molecule has 1 aromatic heterocycles. The normalized spacial score (nSPS) is 28.8. The third-order valence-electron chi connectivity index (χ3n) is 6.90. The number of amides is 2. The Bertz CT molecular complexity index is 1160. The van der Waals surface area contributed by atoms with Crippen LogP contribution in [0, 0.1) is 5.92 Å². The molecular weight excluding hydrogens is 491 g/mol. The fraction of sp³-hybridized carbons (Fsp3) is 0.435. The minimum absolute atomic E-state index is 0.0165. The molecule has 2 aliphatic carbocycles. The number of nitrogens with one attached hydrogen (secondary N) is 2. The molecule has 3 N–H and O–H groups in total. The largest absolute Gasteiger partial charge is 0.573 e. The number of alkyl halides is 3. The van der Waals surface area contributed by atoms with E-state index in [1.807, 2.05) is 0 Å². The highest BCUT2D eigenvalue weighted by Crippen LogP contribution is 2.54. The van der Waals surface area contributed by atoms with Gasteiger partial charge in [0.2, 0.25) is 0 Å². The molecule has 2 amide bonds. The van der Waals surface area contributed by atoms with Gasteiger partial charge in [-0.15, -0.1) is 13.2 Å². The summed E-state index contributed by atoms with van der Waals surface area (Å²) in [5.74, 6) is -0.939. The van der Waals surface area contributed by atoms with Crippen molar-refractivity contribution in [2.24, 2.45) is 5.92 Å². The second-order valence-corrected chi connectivity index (χ2v) is 9.48. The van der Waals surface area contributed by atoms with Gasteiger partial charge in [-0.25, -0.2) is 4.98 Å². The first-order chi connectivity index (χ1) is 16.5. The molecule has 2 saturated carbocycles. The molecule has 0 saturated heterocycles. The van der Waals surface area contributed by atoms with E-state index in [9.17, 15) is 27.9 Å². The van der Waals surface area contributed by atoms with E-state index in [0.717, 1.165) is 31.2 Å². The molecule has 1 aliphatic heterocycles. The molecule has 2 fully saturated rings. The van der Waals surface area contributed by atoms with E-state index in [-0.39, 0.29) is 30.0 Å². The Balaban J connectivity index is 1.16. The van der Waals surface area contributed by atoms with Crippen LogP contribution >= 0.6 is 11.6 Å². The molecule has 3 aliphatic rings. The van der Waals surface area contributed by atoms with Crippen molar-refractivity contribution >= 4 is 23.4 Å². The lowest BCUT2D eigenvalue weighted by atomic mass is 9.50. The first kappa shape index (κ1) is 23.7. The summed E-state index contributed by atoms with van der Waals surface area (Å²) >= 11 is 5.96. The number of fused-ring (bicyclic) bond motifs is 2. The molecule has 0 bridgehead atoms. The van der Waals surface area contributed by atoms with Crippen LogP contribution in [0.4, 0.5) is 13.2 Å². The number of halogens is 4. The van der Waals surface area contributed by atoms with Crippen molar-refractivity contribution in [3.63, 3.8) is 0 Å². The maximum Gasteiger partial charge on any atom is 0.573 e. The third-order valence-corrected chi connectivity index (χ3v) is 7.14. The van der Waals surface area contributed by atoms with Crippen LogP contribution in [-0.2, 0) is 4.79 Å². The molecule has 5 atom stereocenters. The lowest BCUT2D eigenvalue weighted by Crippen LogP contribution is -2.76. The molecule has 2 heterocycles. The zero-order chi connectivity index (χ0) is 25.0. The zero-order valence-electron chi connectivity index (χ0n) is 18.1. The van der Waals surface area contributed by atoms with Crippen LogP contribution in [0.5, 0.6) is 11.5 Å². The predicted octanol–water partition coefficient (Wildman–Crippen LogP) is 3.29. The van der Waals surface area contributed by atoms with E-state index in [1.54, 1.807) is 18.2 Å². The molecule has 5 rings (SSSR count). The number of rotatable bonds is 5. The fourth-order valence-electron chi connectivity index (χ4n) is 5.08. The van der Waals surface area contributed by atoms with Crippen LogP contribution in [-0.4, -0.2) is 46.0 Å². The minimum Gasteiger partial charge on any atom is -0.480 e. The van der Waals surface area contributed by atoms with Crippen molar-refractivity contribution < 1.29 is 37.3 Å². The Morgan fingerprint density at radius 2 is 2.06 bits per heavy atom. The topological polar surface area (TPSA) is 110 Å². The van der Waals surface area contributed by atoms with Gasteiger partial charge in [0.05, 0.1) is 12.3 Å². The van der Waals surface area contributed by atoms with Gasteiger partial charge in [0.1, 0.15) is 17.2 Å². The number of hydrogen-bond donors (Lipinski definition) is 3. The standard InChI is InChI=1S/C23H21ClF3N3O5/c24-11-1-4-18-13(7-11)17(31)8-19(34-18)21(33)29-16-9-22(6-5-14(16)22)30-20(32)15-3-2-12(10-28-15)35-23(25,26)27/h1-4,7,10,14,16-17,19,31H,5-6,8-9H2,(H,29,33)(H,30,32)/t14?,16?,17-,19-,22?/m1/s1. The molecule has 8 nitrogen and oxygen atoms in total. The summed E-state index contributed by atoms with van der Waals surface area (Å²) < 4.78 is 46.4. The average Bonchev–Trinajstić information content (AvgIpc) is 2.77. The Morgan fingerprint density at radius 3 is 2.69 bits per heavy atom. The Hall–Kier alpha value is -3.05. The summed E-state index contributed by atoms with van der Waals surface area (Å²) in [7, 11) is 0. The van der Waals surface area contributed by atoms with Gasteiger partial charge < -0.3 is 25.2 Å². The van der Waals surface area contributed by atoms with Gasteiger partial charge >= 0.3 is 6.36 Å². The Kier molecular flexibility index (Phi) is 5.79. The lowest BCUT2D eigenvalue weighted by molar-refractivity contribution is -0.274. The fourth-order valence-corrected chi connectivity index (χ4v) is 5.26. The average molecular weight is 512 g/mol. The highest BCUT2D eigenvalue weighted by Gasteiger charge is 2.61. The van der Waals surface area contributed by atoms with Crippen LogP contribution < -0.4 is 20.1 Å². The minimum atomic E-state index is -4.84. The third kappa shape index (κ3) is 4.62. The molecule has 2 aromatic rings. The van der Waals surface area contributed by atoms with E-state index >= 15 is 0 Å². The monoisotopic (exact) mass is 511 g/mol. The van der Waals surface area contributed by atoms with Gasteiger partial charge in [-0.1, -0.05) is 11.6 Å². The second-order valence-electron chi connectivity index (χ2n) is 9.04. The van der Waals surface area contributed by atoms with Crippen LogP contribution in [0.15, 0.2) is 36.5 Å². The first-order valence-electron chi connectivity index (χ1n) is 11.0. The molecule has 0 spiro atoms. The molecule has 1 aromatic carbocycles. The highest BCUT2D eigenvalue weighted by atomic mass is 35.5. The van der Waals surface area contributed by atoms with Crippen LogP contribution in [0.3, 0.4) is 0 Å². The van der Waals surface area contributed by atoms with Gasteiger partial charge in [0.25, 0.3) is 11.8 Å². The number of carbonyl (C=O) groups excluding carboxylic acids is 2. The summed E-state index contributed by atoms with van der Waals surface area (Å²) in [5.41, 5.74) is 0.0154. The van der Waals surface area contributed by atoms with Gasteiger partial charge in [-0.05, 0) is 49.6 Å². The number of pyridine rings is 1. The van der Waals surface area contributed by atoms with E-state index in [1.165, 1.54) is 0 Å². The van der Waals surface area contributed by atoms with E-state index in [4.69, 9.17) is 16.3 Å². The smallest absolute Gasteiger partial charge is 0.480 e. The van der Waals surface area contributed by atoms with Gasteiger partial charge in [-0.2, -0.15) is 0 Å². The molecular formula is C23H21ClF3N3O5. The van der Waals surface area contributed by atoms with Crippen LogP contribution in [0.2, 0.25) is 5.02 Å². The first-order valence-corrected chi connectivity index (χ1v) is 11.4. The number of aromatic nitrogens is 1.